The molecule has 0 fully saturated rings. The van der Waals surface area contributed by atoms with Crippen LogP contribution in [-0.4, -0.2) is 66.9 Å². The Morgan fingerprint density at radius 2 is 1.73 bits per heavy atom. The number of likely N-dealkylation sites (N-methyl/N-ethyl adjacent to an activating group) is 1. The molecule has 0 aliphatic rings. The fourth-order valence-electron chi connectivity index (χ4n) is 3.33. The maximum Gasteiger partial charge on any atom is 0.239 e. The molecule has 8 heteroatoms. The van der Waals surface area contributed by atoms with Crippen molar-refractivity contribution in [2.45, 2.75) is 13.3 Å². The maximum absolute atomic E-state index is 12.7. The Balaban J connectivity index is 1.68. The minimum absolute atomic E-state index is 0.0747. The molecule has 33 heavy (non-hydrogen) atoms. The number of carbonyl (C=O) groups excluding carboxylic acids is 2. The Bertz CT molecular complexity index is 1050. The van der Waals surface area contributed by atoms with E-state index < -0.39 is 0 Å². The summed E-state index contributed by atoms with van der Waals surface area (Å²) in [4.78, 5) is 26.4. The molecule has 3 rings (SSSR count). The van der Waals surface area contributed by atoms with Gasteiger partial charge in [-0.3, -0.25) is 14.5 Å². The first-order valence-electron chi connectivity index (χ1n) is 10.9. The molecule has 1 heterocycles. The van der Waals surface area contributed by atoms with Crippen molar-refractivity contribution in [3.05, 3.63) is 66.2 Å². The summed E-state index contributed by atoms with van der Waals surface area (Å²) in [6, 6.07) is 19.6. The number of anilines is 1. The van der Waals surface area contributed by atoms with Crippen LogP contribution < -0.4 is 10.6 Å². The van der Waals surface area contributed by atoms with Crippen molar-refractivity contribution in [1.29, 1.82) is 0 Å². The van der Waals surface area contributed by atoms with Gasteiger partial charge in [-0.2, -0.15) is 5.10 Å². The lowest BCUT2D eigenvalue weighted by atomic mass is 10.1. The van der Waals surface area contributed by atoms with E-state index in [1.807, 2.05) is 67.6 Å². The van der Waals surface area contributed by atoms with Gasteiger partial charge in [0.2, 0.25) is 11.8 Å². The van der Waals surface area contributed by atoms with Gasteiger partial charge in [0.15, 0.2) is 0 Å². The molecule has 0 saturated heterocycles. The number of carbonyl (C=O) groups is 2. The van der Waals surface area contributed by atoms with Gasteiger partial charge in [-0.15, -0.1) is 0 Å². The van der Waals surface area contributed by atoms with Gasteiger partial charge in [-0.25, -0.2) is 4.68 Å². The maximum atomic E-state index is 12.7. The summed E-state index contributed by atoms with van der Waals surface area (Å²) in [7, 11) is 3.36. The van der Waals surface area contributed by atoms with Gasteiger partial charge in [-0.1, -0.05) is 48.0 Å². The standard InChI is InChI=1S/C25H31N5O3/c1-19-10-12-20(13-11-19)22-16-23(30(28-22)21-8-5-4-6-9-21)27-25(32)18-29(2)17-24(31)26-14-7-15-33-3/h4-6,8-13,16H,7,14-15,17-18H2,1-3H3,(H,26,31)(H,27,32). The number of hydrogen-bond acceptors (Lipinski definition) is 5. The van der Waals surface area contributed by atoms with Crippen LogP contribution in [0, 0.1) is 6.92 Å². The van der Waals surface area contributed by atoms with E-state index in [1.54, 1.807) is 23.7 Å². The molecule has 0 radical (unpaired) electrons. The first-order valence-corrected chi connectivity index (χ1v) is 10.9. The van der Waals surface area contributed by atoms with Crippen molar-refractivity contribution in [3.63, 3.8) is 0 Å². The molecule has 0 unspecified atom stereocenters. The number of nitrogens with one attached hydrogen (secondary N) is 2. The summed E-state index contributed by atoms with van der Waals surface area (Å²) in [5.74, 6) is 0.216. The second-order valence-corrected chi connectivity index (χ2v) is 7.94. The molecular formula is C25H31N5O3. The molecule has 1 aromatic heterocycles. The average Bonchev–Trinajstić information content (AvgIpc) is 3.21. The second kappa shape index (κ2) is 11.9. The lowest BCUT2D eigenvalue weighted by Crippen LogP contribution is -2.39. The fraction of sp³-hybridized carbons (Fsp3) is 0.320. The molecule has 2 N–H and O–H groups in total. The van der Waals surface area contributed by atoms with E-state index in [1.165, 1.54) is 5.56 Å². The second-order valence-electron chi connectivity index (χ2n) is 7.94. The largest absolute Gasteiger partial charge is 0.385 e. The molecule has 2 amide bonds. The minimum atomic E-state index is -0.225. The van der Waals surface area contributed by atoms with Gasteiger partial charge in [-0.05, 0) is 32.5 Å². The molecule has 0 atom stereocenters. The summed E-state index contributed by atoms with van der Waals surface area (Å²) in [6.07, 6.45) is 0.749. The smallest absolute Gasteiger partial charge is 0.239 e. The van der Waals surface area contributed by atoms with Gasteiger partial charge >= 0.3 is 0 Å². The van der Waals surface area contributed by atoms with E-state index >= 15 is 0 Å². The number of methoxy groups -OCH3 is 1. The molecular weight excluding hydrogens is 418 g/mol. The van der Waals surface area contributed by atoms with Crippen LogP contribution in [0.1, 0.15) is 12.0 Å². The van der Waals surface area contributed by atoms with Crippen molar-refractivity contribution in [2.75, 3.05) is 45.7 Å². The highest BCUT2D eigenvalue weighted by molar-refractivity contribution is 5.92. The molecule has 174 valence electrons. The van der Waals surface area contributed by atoms with E-state index in [4.69, 9.17) is 9.84 Å². The number of rotatable bonds is 11. The lowest BCUT2D eigenvalue weighted by molar-refractivity contribution is -0.123. The molecule has 0 spiro atoms. The minimum Gasteiger partial charge on any atom is -0.385 e. The van der Waals surface area contributed by atoms with Gasteiger partial charge < -0.3 is 15.4 Å². The van der Waals surface area contributed by atoms with E-state index in [0.29, 0.717) is 19.0 Å². The molecule has 0 aliphatic carbocycles. The first-order chi connectivity index (χ1) is 16.0. The molecule has 0 saturated carbocycles. The third-order valence-electron chi connectivity index (χ3n) is 5.00. The highest BCUT2D eigenvalue weighted by atomic mass is 16.5. The van der Waals surface area contributed by atoms with Gasteiger partial charge in [0, 0.05) is 31.9 Å². The third kappa shape index (κ3) is 7.27. The third-order valence-corrected chi connectivity index (χ3v) is 5.00. The SMILES string of the molecule is COCCCNC(=O)CN(C)CC(=O)Nc1cc(-c2ccc(C)cc2)nn1-c1ccccc1. The summed E-state index contributed by atoms with van der Waals surface area (Å²) in [6.45, 7) is 3.38. The predicted octanol–water partition coefficient (Wildman–Crippen LogP) is 2.87. The quantitative estimate of drug-likeness (QED) is 0.440. The zero-order valence-corrected chi connectivity index (χ0v) is 19.4. The number of aromatic nitrogens is 2. The van der Waals surface area contributed by atoms with E-state index in [0.717, 1.165) is 23.4 Å². The fourth-order valence-corrected chi connectivity index (χ4v) is 3.33. The summed E-state index contributed by atoms with van der Waals surface area (Å²) in [5.41, 5.74) is 3.74. The lowest BCUT2D eigenvalue weighted by Gasteiger charge is -2.16. The summed E-state index contributed by atoms with van der Waals surface area (Å²) < 4.78 is 6.69. The van der Waals surface area contributed by atoms with Crippen molar-refractivity contribution in [1.82, 2.24) is 20.0 Å². The van der Waals surface area contributed by atoms with Gasteiger partial charge in [0.05, 0.1) is 24.5 Å². The first kappa shape index (κ1) is 24.2. The van der Waals surface area contributed by atoms with Crippen molar-refractivity contribution in [2.24, 2.45) is 0 Å². The van der Waals surface area contributed by atoms with Crippen LogP contribution in [0.5, 0.6) is 0 Å². The van der Waals surface area contributed by atoms with E-state index in [2.05, 4.69) is 10.6 Å². The van der Waals surface area contributed by atoms with Crippen LogP contribution in [0.15, 0.2) is 60.7 Å². The molecule has 0 aliphatic heterocycles. The van der Waals surface area contributed by atoms with Crippen molar-refractivity contribution < 1.29 is 14.3 Å². The number of ether oxygens (including phenoxy) is 1. The molecule has 8 nitrogen and oxygen atoms in total. The predicted molar refractivity (Wildman–Crippen MR) is 129 cm³/mol. The van der Waals surface area contributed by atoms with Crippen LogP contribution >= 0.6 is 0 Å². The van der Waals surface area contributed by atoms with Crippen LogP contribution in [0.25, 0.3) is 16.9 Å². The van der Waals surface area contributed by atoms with E-state index in [9.17, 15) is 9.59 Å². The zero-order chi connectivity index (χ0) is 23.6. The number of para-hydroxylation sites is 1. The van der Waals surface area contributed by atoms with E-state index in [-0.39, 0.29) is 24.9 Å². The zero-order valence-electron chi connectivity index (χ0n) is 19.4. The van der Waals surface area contributed by atoms with Crippen LogP contribution in [0.4, 0.5) is 5.82 Å². The van der Waals surface area contributed by atoms with Gasteiger partial charge in [0.1, 0.15) is 5.82 Å². The van der Waals surface area contributed by atoms with Crippen molar-refractivity contribution >= 4 is 17.6 Å². The molecule has 0 bridgehead atoms. The number of hydrogen-bond donors (Lipinski definition) is 2. The van der Waals surface area contributed by atoms with Gasteiger partial charge in [0.25, 0.3) is 0 Å². The average molecular weight is 450 g/mol. The van der Waals surface area contributed by atoms with Crippen LogP contribution in [-0.2, 0) is 14.3 Å². The number of nitrogens with zero attached hydrogens (tertiary/aromatic N) is 3. The summed E-state index contributed by atoms with van der Waals surface area (Å²) >= 11 is 0. The molecule has 3 aromatic rings. The normalized spacial score (nSPS) is 10.9. The Morgan fingerprint density at radius 1 is 1.03 bits per heavy atom. The Morgan fingerprint density at radius 3 is 2.42 bits per heavy atom. The van der Waals surface area contributed by atoms with Crippen molar-refractivity contribution in [3.8, 4) is 16.9 Å². The van der Waals surface area contributed by atoms with Crippen LogP contribution in [0.3, 0.4) is 0 Å². The number of amides is 2. The monoisotopic (exact) mass is 449 g/mol. The number of benzene rings is 2. The topological polar surface area (TPSA) is 88.5 Å². The van der Waals surface area contributed by atoms with Crippen LogP contribution in [0.2, 0.25) is 0 Å². The molecule has 2 aromatic carbocycles. The highest BCUT2D eigenvalue weighted by Crippen LogP contribution is 2.25. The summed E-state index contributed by atoms with van der Waals surface area (Å²) in [5, 5.41) is 10.5. The highest BCUT2D eigenvalue weighted by Gasteiger charge is 2.16. The Labute approximate surface area is 194 Å². The Hall–Kier alpha value is -3.49. The number of aryl methyl sites for hydroxylation is 1. The Kier molecular flexibility index (Phi) is 8.74.